The van der Waals surface area contributed by atoms with Crippen LogP contribution in [0.5, 0.6) is 0 Å². The molecule has 0 aromatic heterocycles. The highest BCUT2D eigenvalue weighted by Crippen LogP contribution is 2.21. The first kappa shape index (κ1) is 10.4. The first-order chi connectivity index (χ1) is 6.54. The molecule has 0 unspecified atom stereocenters. The van der Waals surface area contributed by atoms with E-state index in [2.05, 4.69) is 0 Å². The van der Waals surface area contributed by atoms with Crippen molar-refractivity contribution in [3.8, 4) is 0 Å². The van der Waals surface area contributed by atoms with Crippen molar-refractivity contribution < 1.29 is 27.2 Å². The van der Waals surface area contributed by atoms with E-state index in [1.54, 1.807) is 0 Å². The lowest BCUT2D eigenvalue weighted by molar-refractivity contribution is 0.442. The topological polar surface area (TPSA) is 34.1 Å². The zero-order valence-electron chi connectivity index (χ0n) is 6.33. The van der Waals surface area contributed by atoms with Gasteiger partial charge < -0.3 is 0 Å². The number of benzene rings is 1. The Morgan fingerprint density at radius 1 is 0.643 bits per heavy atom. The van der Waals surface area contributed by atoms with E-state index in [-0.39, 0.29) is 0 Å². The molecular formula is C8F4O2. The Balaban J connectivity index is 3.71. The van der Waals surface area contributed by atoms with E-state index in [0.717, 1.165) is 0 Å². The van der Waals surface area contributed by atoms with Crippen molar-refractivity contribution in [1.82, 2.24) is 0 Å². The van der Waals surface area contributed by atoms with Gasteiger partial charge in [-0.05, 0) is 0 Å². The van der Waals surface area contributed by atoms with Gasteiger partial charge in [0, 0.05) is 0 Å². The first-order valence-corrected chi connectivity index (χ1v) is 3.16. The van der Waals surface area contributed by atoms with E-state index < -0.39 is 34.4 Å². The van der Waals surface area contributed by atoms with Crippen LogP contribution in [0.4, 0.5) is 17.6 Å². The summed E-state index contributed by atoms with van der Waals surface area (Å²) in [6.07, 6.45) is 1.37. The molecule has 0 heterocycles. The molecular weight excluding hydrogens is 204 g/mol. The first-order valence-electron chi connectivity index (χ1n) is 3.16. The van der Waals surface area contributed by atoms with Crippen LogP contribution in [-0.2, 0) is 9.59 Å². The summed E-state index contributed by atoms with van der Waals surface area (Å²) in [6.45, 7) is 0. The quantitative estimate of drug-likeness (QED) is 0.535. The highest BCUT2D eigenvalue weighted by molar-refractivity contribution is 5.81. The van der Waals surface area contributed by atoms with Gasteiger partial charge in [0.2, 0.25) is 12.6 Å². The second-order valence-electron chi connectivity index (χ2n) is 2.21. The van der Waals surface area contributed by atoms with Crippen LogP contribution in [0.2, 0.25) is 0 Å². The third kappa shape index (κ3) is 1.28. The summed E-state index contributed by atoms with van der Waals surface area (Å²) in [7, 11) is 0. The molecule has 1 aromatic rings. The van der Waals surface area contributed by atoms with Crippen LogP contribution in [-0.4, -0.2) is 12.6 Å². The minimum Gasteiger partial charge on any atom is -0.285 e. The lowest BCUT2D eigenvalue weighted by Crippen LogP contribution is -2.07. The molecule has 0 atom stereocenters. The molecule has 0 saturated heterocycles. The summed E-state index contributed by atoms with van der Waals surface area (Å²) in [6, 6.07) is 0. The number of rotatable bonds is 2. The molecule has 1 rings (SSSR count). The number of carbonyl (C=O) groups excluding carboxylic acids is 2. The van der Waals surface area contributed by atoms with Crippen molar-refractivity contribution in [2.24, 2.45) is 0 Å². The van der Waals surface area contributed by atoms with E-state index in [0.29, 0.717) is 12.6 Å². The van der Waals surface area contributed by atoms with E-state index in [4.69, 9.17) is 0 Å². The van der Waals surface area contributed by atoms with Crippen molar-refractivity contribution in [1.29, 1.82) is 0 Å². The standard InChI is InChI=1S/C8F4O2/c9-5-3(1-13)6(10)8(12)4(2-14)7(5)11. The third-order valence-corrected chi connectivity index (χ3v) is 1.47. The second kappa shape index (κ2) is 3.57. The Morgan fingerprint density at radius 3 is 1.00 bits per heavy atom. The molecule has 0 saturated carbocycles. The maximum Gasteiger partial charge on any atom is 0.239 e. The molecule has 14 heavy (non-hydrogen) atoms. The highest BCUT2D eigenvalue weighted by Gasteiger charge is 2.25. The fourth-order valence-electron chi connectivity index (χ4n) is 0.811. The molecule has 2 radical (unpaired) electrons. The molecule has 0 aliphatic rings. The number of halogens is 4. The smallest absolute Gasteiger partial charge is 0.239 e. The fraction of sp³-hybridized carbons (Fsp3) is 0. The Kier molecular flexibility index (Phi) is 2.64. The van der Waals surface area contributed by atoms with Crippen molar-refractivity contribution in [3.63, 3.8) is 0 Å². The van der Waals surface area contributed by atoms with Gasteiger partial charge >= 0.3 is 0 Å². The van der Waals surface area contributed by atoms with Gasteiger partial charge in [0.15, 0.2) is 23.3 Å². The Bertz CT molecular complexity index is 346. The molecule has 0 amide bonds. The van der Waals surface area contributed by atoms with Crippen LogP contribution in [0.3, 0.4) is 0 Å². The number of hydrogen-bond acceptors (Lipinski definition) is 2. The van der Waals surface area contributed by atoms with E-state index in [1.807, 2.05) is 0 Å². The molecule has 0 fully saturated rings. The maximum atomic E-state index is 12.7. The van der Waals surface area contributed by atoms with Crippen molar-refractivity contribution in [2.75, 3.05) is 0 Å². The van der Waals surface area contributed by atoms with E-state index in [1.165, 1.54) is 0 Å². The van der Waals surface area contributed by atoms with Crippen molar-refractivity contribution >= 4 is 12.6 Å². The summed E-state index contributed by atoms with van der Waals surface area (Å²) < 4.78 is 50.7. The average molecular weight is 204 g/mol. The molecule has 6 heteroatoms. The predicted molar refractivity (Wildman–Crippen MR) is 35.9 cm³/mol. The van der Waals surface area contributed by atoms with Gasteiger partial charge in [-0.1, -0.05) is 0 Å². The zero-order valence-corrected chi connectivity index (χ0v) is 6.33. The van der Waals surface area contributed by atoms with Crippen LogP contribution < -0.4 is 0 Å². The lowest BCUT2D eigenvalue weighted by Gasteiger charge is -2.02. The summed E-state index contributed by atoms with van der Waals surface area (Å²) in [5, 5.41) is 0. The van der Waals surface area contributed by atoms with Gasteiger partial charge in [-0.15, -0.1) is 0 Å². The molecule has 2 nitrogen and oxygen atoms in total. The SMILES string of the molecule is O=[C]c1c(F)c(F)c([C]=O)c(F)c1F. The predicted octanol–water partition coefficient (Wildman–Crippen LogP) is 1.16. The van der Waals surface area contributed by atoms with Crippen molar-refractivity contribution in [2.45, 2.75) is 0 Å². The molecule has 1 aromatic carbocycles. The zero-order chi connectivity index (χ0) is 10.9. The van der Waals surface area contributed by atoms with Crippen LogP contribution in [0.1, 0.15) is 11.1 Å². The number of hydrogen-bond donors (Lipinski definition) is 0. The molecule has 0 N–H and O–H groups in total. The van der Waals surface area contributed by atoms with Crippen molar-refractivity contribution in [3.05, 3.63) is 34.4 Å². The second-order valence-corrected chi connectivity index (χ2v) is 2.21. The van der Waals surface area contributed by atoms with Gasteiger partial charge in [-0.25, -0.2) is 17.6 Å². The molecule has 72 valence electrons. The fourth-order valence-corrected chi connectivity index (χ4v) is 0.811. The normalized spacial score (nSPS) is 10.0. The third-order valence-electron chi connectivity index (χ3n) is 1.47. The molecule has 0 aliphatic carbocycles. The minimum absolute atomic E-state index is 0.687. The summed E-state index contributed by atoms with van der Waals surface area (Å²) >= 11 is 0. The Morgan fingerprint density at radius 2 is 0.857 bits per heavy atom. The van der Waals surface area contributed by atoms with Gasteiger partial charge in [0.1, 0.15) is 11.1 Å². The summed E-state index contributed by atoms with van der Waals surface area (Å²) in [5.41, 5.74) is -3.03. The lowest BCUT2D eigenvalue weighted by atomic mass is 10.1. The molecule has 0 spiro atoms. The monoisotopic (exact) mass is 204 g/mol. The largest absolute Gasteiger partial charge is 0.285 e. The molecule has 0 aliphatic heterocycles. The van der Waals surface area contributed by atoms with Crippen LogP contribution in [0, 0.1) is 23.3 Å². The van der Waals surface area contributed by atoms with Gasteiger partial charge in [0.25, 0.3) is 0 Å². The van der Waals surface area contributed by atoms with Gasteiger partial charge in [0.05, 0.1) is 0 Å². The maximum absolute atomic E-state index is 12.7. The van der Waals surface area contributed by atoms with Crippen LogP contribution in [0.15, 0.2) is 0 Å². The van der Waals surface area contributed by atoms with E-state index in [9.17, 15) is 27.2 Å². The van der Waals surface area contributed by atoms with Gasteiger partial charge in [-0.2, -0.15) is 0 Å². The highest BCUT2D eigenvalue weighted by atomic mass is 19.2. The minimum atomic E-state index is -1.96. The Labute approximate surface area is 75.1 Å². The van der Waals surface area contributed by atoms with Gasteiger partial charge in [-0.3, -0.25) is 9.59 Å². The summed E-state index contributed by atoms with van der Waals surface area (Å²) in [5.74, 6) is -7.84. The van der Waals surface area contributed by atoms with Crippen LogP contribution in [0.25, 0.3) is 0 Å². The Hall–Kier alpha value is -1.72. The van der Waals surface area contributed by atoms with Crippen LogP contribution >= 0.6 is 0 Å². The molecule has 0 bridgehead atoms. The summed E-state index contributed by atoms with van der Waals surface area (Å²) in [4.78, 5) is 19.8. The average Bonchev–Trinajstić information content (AvgIpc) is 2.17. The van der Waals surface area contributed by atoms with E-state index >= 15 is 0 Å².